The number of halogens is 1. The number of hydrogen-bond donors (Lipinski definition) is 1. The second-order valence-electron chi connectivity index (χ2n) is 4.63. The van der Waals surface area contributed by atoms with Crippen LogP contribution in [-0.2, 0) is 11.3 Å². The van der Waals surface area contributed by atoms with Gasteiger partial charge < -0.3 is 9.64 Å². The molecule has 1 aliphatic heterocycles. The van der Waals surface area contributed by atoms with Crippen molar-refractivity contribution in [3.8, 4) is 0 Å². The molecule has 21 heavy (non-hydrogen) atoms. The predicted octanol–water partition coefficient (Wildman–Crippen LogP) is 3.24. The van der Waals surface area contributed by atoms with E-state index in [0.717, 1.165) is 16.8 Å². The van der Waals surface area contributed by atoms with Gasteiger partial charge in [0.05, 0.1) is 19.2 Å². The van der Waals surface area contributed by atoms with Crippen LogP contribution in [0.3, 0.4) is 0 Å². The largest absolute Gasteiger partial charge is 0.465 e. The number of benzene rings is 2. The average Bonchev–Trinajstić information content (AvgIpc) is 2.84. The quantitative estimate of drug-likeness (QED) is 0.867. The highest BCUT2D eigenvalue weighted by molar-refractivity contribution is 6.11. The van der Waals surface area contributed by atoms with Crippen molar-refractivity contribution < 1.29 is 9.53 Å². The molecule has 0 bridgehead atoms. The lowest BCUT2D eigenvalue weighted by Gasteiger charge is -2.18. The van der Waals surface area contributed by atoms with Crippen LogP contribution in [0, 0.1) is 5.41 Å². The number of ether oxygens (including phenoxy) is 1. The van der Waals surface area contributed by atoms with Gasteiger partial charge in [0.2, 0.25) is 0 Å². The van der Waals surface area contributed by atoms with Gasteiger partial charge in [0, 0.05) is 11.3 Å². The molecule has 108 valence electrons. The lowest BCUT2D eigenvalue weighted by atomic mass is 10.1. The van der Waals surface area contributed by atoms with Gasteiger partial charge in [-0.2, -0.15) is 0 Å². The molecular weight excluding hydrogens is 288 g/mol. The van der Waals surface area contributed by atoms with E-state index >= 15 is 0 Å². The molecule has 1 heterocycles. The summed E-state index contributed by atoms with van der Waals surface area (Å²) in [5.41, 5.74) is 3.53. The summed E-state index contributed by atoms with van der Waals surface area (Å²) in [5.74, 6) is 0.141. The molecule has 0 fully saturated rings. The van der Waals surface area contributed by atoms with E-state index in [1.807, 2.05) is 41.3 Å². The molecule has 0 amide bonds. The molecule has 0 aliphatic carbocycles. The number of methoxy groups -OCH3 is 1. The Bertz CT molecular complexity index is 683. The first kappa shape index (κ1) is 15.1. The zero-order chi connectivity index (χ0) is 14.1. The van der Waals surface area contributed by atoms with Crippen LogP contribution in [0.2, 0.25) is 0 Å². The summed E-state index contributed by atoms with van der Waals surface area (Å²) in [5, 5.41) is 8.23. The third-order valence-corrected chi connectivity index (χ3v) is 3.47. The zero-order valence-electron chi connectivity index (χ0n) is 11.5. The smallest absolute Gasteiger partial charge is 0.337 e. The molecule has 2 aromatic rings. The van der Waals surface area contributed by atoms with E-state index in [4.69, 9.17) is 5.41 Å². The van der Waals surface area contributed by atoms with E-state index in [9.17, 15) is 4.79 Å². The first-order valence-corrected chi connectivity index (χ1v) is 6.33. The molecule has 0 atom stereocenters. The SMILES string of the molecule is COC(=O)c1ccc(N2Cc3ccccc3C2=N)cc1.Cl. The van der Waals surface area contributed by atoms with Gasteiger partial charge in [-0.05, 0) is 29.8 Å². The van der Waals surface area contributed by atoms with E-state index < -0.39 is 0 Å². The van der Waals surface area contributed by atoms with Crippen LogP contribution < -0.4 is 4.90 Å². The van der Waals surface area contributed by atoms with E-state index in [0.29, 0.717) is 17.9 Å². The summed E-state index contributed by atoms with van der Waals surface area (Å²) in [6.45, 7) is 0.687. The average molecular weight is 303 g/mol. The third kappa shape index (κ3) is 2.62. The van der Waals surface area contributed by atoms with Gasteiger partial charge in [0.15, 0.2) is 0 Å². The molecule has 4 nitrogen and oxygen atoms in total. The number of nitrogens with zero attached hydrogens (tertiary/aromatic N) is 1. The van der Waals surface area contributed by atoms with Crippen molar-refractivity contribution in [2.75, 3.05) is 12.0 Å². The van der Waals surface area contributed by atoms with Gasteiger partial charge in [-0.3, -0.25) is 5.41 Å². The molecule has 5 heteroatoms. The number of nitrogens with one attached hydrogen (secondary N) is 1. The molecule has 0 saturated carbocycles. The number of rotatable bonds is 2. The summed E-state index contributed by atoms with van der Waals surface area (Å²) in [6, 6.07) is 15.0. The van der Waals surface area contributed by atoms with Gasteiger partial charge in [-0.1, -0.05) is 24.3 Å². The number of carbonyl (C=O) groups is 1. The minimum absolute atomic E-state index is 0. The highest BCUT2D eigenvalue weighted by Gasteiger charge is 2.24. The van der Waals surface area contributed by atoms with Crippen molar-refractivity contribution in [2.45, 2.75) is 6.54 Å². The van der Waals surface area contributed by atoms with Gasteiger partial charge in [-0.15, -0.1) is 12.4 Å². The van der Waals surface area contributed by atoms with Crippen LogP contribution in [0.15, 0.2) is 48.5 Å². The Morgan fingerprint density at radius 3 is 2.43 bits per heavy atom. The molecule has 1 N–H and O–H groups in total. The van der Waals surface area contributed by atoms with E-state index in [1.54, 1.807) is 12.1 Å². The highest BCUT2D eigenvalue weighted by atomic mass is 35.5. The molecule has 0 unspecified atom stereocenters. The van der Waals surface area contributed by atoms with Crippen molar-refractivity contribution in [1.29, 1.82) is 5.41 Å². The maximum absolute atomic E-state index is 11.4. The maximum atomic E-state index is 11.4. The summed E-state index contributed by atoms with van der Waals surface area (Å²) in [6.07, 6.45) is 0. The Morgan fingerprint density at radius 1 is 1.14 bits per heavy atom. The number of fused-ring (bicyclic) bond motifs is 1. The second kappa shape index (κ2) is 5.97. The normalized spacial score (nSPS) is 12.6. The minimum Gasteiger partial charge on any atom is -0.465 e. The van der Waals surface area contributed by atoms with Crippen molar-refractivity contribution in [3.63, 3.8) is 0 Å². The fourth-order valence-corrected chi connectivity index (χ4v) is 2.40. The van der Waals surface area contributed by atoms with Crippen LogP contribution >= 0.6 is 12.4 Å². The molecule has 0 spiro atoms. The lowest BCUT2D eigenvalue weighted by Crippen LogP contribution is -2.23. The number of amidine groups is 1. The van der Waals surface area contributed by atoms with Crippen molar-refractivity contribution in [3.05, 3.63) is 65.2 Å². The summed E-state index contributed by atoms with van der Waals surface area (Å²) < 4.78 is 4.68. The van der Waals surface area contributed by atoms with Crippen LogP contribution in [0.4, 0.5) is 5.69 Å². The molecule has 2 aromatic carbocycles. The number of carbonyl (C=O) groups excluding carboxylic acids is 1. The standard InChI is InChI=1S/C16H14N2O2.ClH/c1-20-16(19)11-6-8-13(9-7-11)18-10-12-4-2-3-5-14(12)15(18)17;/h2-9,17H,10H2,1H3;1H. The molecule has 3 rings (SSSR count). The monoisotopic (exact) mass is 302 g/mol. The van der Waals surface area contributed by atoms with Gasteiger partial charge >= 0.3 is 5.97 Å². The molecule has 1 aliphatic rings. The van der Waals surface area contributed by atoms with Crippen molar-refractivity contribution >= 4 is 29.9 Å². The van der Waals surface area contributed by atoms with E-state index in [2.05, 4.69) is 4.74 Å². The fourth-order valence-electron chi connectivity index (χ4n) is 2.40. The zero-order valence-corrected chi connectivity index (χ0v) is 12.3. The Morgan fingerprint density at radius 2 is 1.81 bits per heavy atom. The number of anilines is 1. The molecule has 0 aromatic heterocycles. The Kier molecular flexibility index (Phi) is 4.29. The van der Waals surface area contributed by atoms with E-state index in [1.165, 1.54) is 7.11 Å². The predicted molar refractivity (Wildman–Crippen MR) is 84.5 cm³/mol. The van der Waals surface area contributed by atoms with Gasteiger partial charge in [0.1, 0.15) is 5.84 Å². The number of hydrogen-bond acceptors (Lipinski definition) is 3. The molecule has 0 radical (unpaired) electrons. The molecular formula is C16H15ClN2O2. The van der Waals surface area contributed by atoms with E-state index in [-0.39, 0.29) is 18.4 Å². The topological polar surface area (TPSA) is 53.4 Å². The Hall–Kier alpha value is -2.33. The third-order valence-electron chi connectivity index (χ3n) is 3.47. The first-order valence-electron chi connectivity index (χ1n) is 6.33. The van der Waals surface area contributed by atoms with Crippen LogP contribution in [0.1, 0.15) is 21.5 Å². The van der Waals surface area contributed by atoms with Gasteiger partial charge in [0.25, 0.3) is 0 Å². The number of esters is 1. The fraction of sp³-hybridized carbons (Fsp3) is 0.125. The Balaban J connectivity index is 0.00000161. The lowest BCUT2D eigenvalue weighted by molar-refractivity contribution is 0.0601. The minimum atomic E-state index is -0.351. The Labute approximate surface area is 129 Å². The summed E-state index contributed by atoms with van der Waals surface area (Å²) in [7, 11) is 1.36. The van der Waals surface area contributed by atoms with Crippen LogP contribution in [0.5, 0.6) is 0 Å². The van der Waals surface area contributed by atoms with Crippen molar-refractivity contribution in [1.82, 2.24) is 0 Å². The van der Waals surface area contributed by atoms with Gasteiger partial charge in [-0.25, -0.2) is 4.79 Å². The second-order valence-corrected chi connectivity index (χ2v) is 4.63. The van der Waals surface area contributed by atoms with Crippen LogP contribution in [-0.4, -0.2) is 18.9 Å². The van der Waals surface area contributed by atoms with Crippen molar-refractivity contribution in [2.24, 2.45) is 0 Å². The molecule has 0 saturated heterocycles. The maximum Gasteiger partial charge on any atom is 0.337 e. The van der Waals surface area contributed by atoms with Crippen LogP contribution in [0.25, 0.3) is 0 Å². The first-order chi connectivity index (χ1) is 9.70. The summed E-state index contributed by atoms with van der Waals surface area (Å²) in [4.78, 5) is 13.3. The summed E-state index contributed by atoms with van der Waals surface area (Å²) >= 11 is 0. The highest BCUT2D eigenvalue weighted by Crippen LogP contribution is 2.28.